The number of sulfonamides is 1. The van der Waals surface area contributed by atoms with Gasteiger partial charge in [0.25, 0.3) is 10.0 Å². The molecule has 0 unspecified atom stereocenters. The van der Waals surface area contributed by atoms with Crippen molar-refractivity contribution in [3.63, 3.8) is 0 Å². The lowest BCUT2D eigenvalue weighted by Crippen LogP contribution is -2.36. The van der Waals surface area contributed by atoms with Gasteiger partial charge in [-0.05, 0) is 12.1 Å². The minimum atomic E-state index is -4.68. The minimum Gasteiger partial charge on any atom is -0.481 e. The monoisotopic (exact) mass is 471 g/mol. The molecule has 0 atom stereocenters. The van der Waals surface area contributed by atoms with Crippen LogP contribution in [0.3, 0.4) is 0 Å². The molecule has 0 spiro atoms. The molecule has 3 aromatic rings. The number of pyridine rings is 1. The summed E-state index contributed by atoms with van der Waals surface area (Å²) in [6.45, 7) is 1.35. The summed E-state index contributed by atoms with van der Waals surface area (Å²) in [4.78, 5) is 24.0. The van der Waals surface area contributed by atoms with Crippen molar-refractivity contribution < 1.29 is 31.1 Å². The number of nitrogens with one attached hydrogen (secondary N) is 2. The number of sulfone groups is 1. The van der Waals surface area contributed by atoms with E-state index in [2.05, 4.69) is 20.3 Å². The Bertz CT molecular complexity index is 1330. The van der Waals surface area contributed by atoms with Gasteiger partial charge in [0.15, 0.2) is 19.9 Å². The Hall–Kier alpha value is -3.46. The number of ether oxygens (including phenoxy) is 2. The first-order valence-corrected chi connectivity index (χ1v) is 11.8. The molecule has 31 heavy (non-hydrogen) atoms. The summed E-state index contributed by atoms with van der Waals surface area (Å²) in [6.07, 6.45) is 1.32. The number of fused-ring (bicyclic) bond motifs is 1. The van der Waals surface area contributed by atoms with E-state index >= 15 is 0 Å². The Morgan fingerprint density at radius 1 is 1.06 bits per heavy atom. The number of carbonyl (C=O) groups excluding carboxylic acids is 1. The summed E-state index contributed by atoms with van der Waals surface area (Å²) in [7, 11) is -6.04. The predicted molar refractivity (Wildman–Crippen MR) is 107 cm³/mol. The van der Waals surface area contributed by atoms with Crippen molar-refractivity contribution in [2.24, 2.45) is 0 Å². The Kier molecular flexibility index (Phi) is 5.99. The van der Waals surface area contributed by atoms with Crippen molar-refractivity contribution in [3.8, 4) is 11.8 Å². The highest BCUT2D eigenvalue weighted by Gasteiger charge is 2.33. The van der Waals surface area contributed by atoms with Gasteiger partial charge in [-0.1, -0.05) is 13.0 Å². The van der Waals surface area contributed by atoms with Gasteiger partial charge in [0.1, 0.15) is 5.65 Å². The topological polar surface area (TPSA) is 171 Å². The van der Waals surface area contributed by atoms with Crippen molar-refractivity contribution >= 4 is 37.5 Å². The third kappa shape index (κ3) is 4.51. The van der Waals surface area contributed by atoms with Gasteiger partial charge in [-0.15, -0.1) is 0 Å². The zero-order valence-corrected chi connectivity index (χ0v) is 18.2. The number of hydrogen-bond acceptors (Lipinski definition) is 10. The number of rotatable bonds is 7. The number of urea groups is 1. The molecule has 3 heterocycles. The number of aromatic nitrogens is 4. The van der Waals surface area contributed by atoms with Gasteiger partial charge < -0.3 is 9.47 Å². The SMILES string of the molecule is CCS(=O)(=O)c1nc2ccccn2[13c]1S(=O)(=O)NC(=O)Nc1nc(OC)cc(OC)n1. The lowest BCUT2D eigenvalue weighted by atomic mass is 10.5. The van der Waals surface area contributed by atoms with E-state index in [0.717, 1.165) is 4.40 Å². The molecule has 0 aliphatic heterocycles. The van der Waals surface area contributed by atoms with Crippen LogP contribution in [0.5, 0.6) is 11.8 Å². The van der Waals surface area contributed by atoms with E-state index < -0.39 is 35.9 Å². The van der Waals surface area contributed by atoms with E-state index in [1.165, 1.54) is 45.5 Å². The van der Waals surface area contributed by atoms with Gasteiger partial charge in [-0.2, -0.15) is 18.4 Å². The van der Waals surface area contributed by atoms with Gasteiger partial charge in [0.05, 0.1) is 26.0 Å². The van der Waals surface area contributed by atoms with Crippen LogP contribution in [0.2, 0.25) is 0 Å². The Morgan fingerprint density at radius 2 is 1.71 bits per heavy atom. The molecule has 0 aliphatic rings. The fourth-order valence-electron chi connectivity index (χ4n) is 2.50. The third-order valence-corrected chi connectivity index (χ3v) is 7.05. The molecule has 0 saturated heterocycles. The minimum absolute atomic E-state index is 0.0584. The fourth-order valence-corrected chi connectivity index (χ4v) is 5.16. The molecule has 166 valence electrons. The van der Waals surface area contributed by atoms with Crippen LogP contribution in [0.15, 0.2) is 40.5 Å². The summed E-state index contributed by atoms with van der Waals surface area (Å²) >= 11 is 0. The van der Waals surface area contributed by atoms with Crippen molar-refractivity contribution in [1.82, 2.24) is 24.1 Å². The maximum absolute atomic E-state index is 13.0. The number of anilines is 1. The van der Waals surface area contributed by atoms with E-state index in [-0.39, 0.29) is 29.1 Å². The molecule has 0 bridgehead atoms. The third-order valence-electron chi connectivity index (χ3n) is 3.94. The van der Waals surface area contributed by atoms with Crippen LogP contribution in [0.25, 0.3) is 5.65 Å². The van der Waals surface area contributed by atoms with Crippen LogP contribution in [0.4, 0.5) is 10.7 Å². The van der Waals surface area contributed by atoms with Crippen molar-refractivity contribution in [1.29, 1.82) is 0 Å². The van der Waals surface area contributed by atoms with Crippen LogP contribution in [-0.4, -0.2) is 62.2 Å². The second kappa shape index (κ2) is 8.35. The molecule has 0 aromatic carbocycles. The normalized spacial score (nSPS) is 11.8. The van der Waals surface area contributed by atoms with E-state index in [4.69, 9.17) is 9.47 Å². The Labute approximate surface area is 177 Å². The lowest BCUT2D eigenvalue weighted by molar-refractivity contribution is 0.256. The number of imidazole rings is 1. The Balaban J connectivity index is 1.99. The van der Waals surface area contributed by atoms with Crippen molar-refractivity contribution in [2.45, 2.75) is 17.0 Å². The first-order valence-electron chi connectivity index (χ1n) is 8.62. The molecule has 0 fully saturated rings. The summed E-state index contributed by atoms with van der Waals surface area (Å²) in [5.41, 5.74) is 0.0798. The average molecular weight is 471 g/mol. The lowest BCUT2D eigenvalue weighted by Gasteiger charge is -2.10. The molecular weight excluding hydrogens is 453 g/mol. The highest BCUT2D eigenvalue weighted by Crippen LogP contribution is 2.23. The number of carbonyl (C=O) groups is 1. The summed E-state index contributed by atoms with van der Waals surface area (Å²) in [5, 5.41) is 0.783. The number of hydrogen-bond donors (Lipinski definition) is 2. The second-order valence-corrected chi connectivity index (χ2v) is 9.68. The van der Waals surface area contributed by atoms with Gasteiger partial charge >= 0.3 is 6.03 Å². The van der Waals surface area contributed by atoms with Crippen LogP contribution in [0.1, 0.15) is 6.92 Å². The molecule has 0 saturated carbocycles. The van der Waals surface area contributed by atoms with Crippen molar-refractivity contribution in [3.05, 3.63) is 30.5 Å². The molecular formula is C16H18N6O7S2. The molecule has 3 rings (SSSR count). The smallest absolute Gasteiger partial charge is 0.335 e. The largest absolute Gasteiger partial charge is 0.481 e. The summed E-state index contributed by atoms with van der Waals surface area (Å²) in [6, 6.07) is 4.60. The van der Waals surface area contributed by atoms with E-state index in [1.807, 2.05) is 0 Å². The van der Waals surface area contributed by atoms with Crippen molar-refractivity contribution in [2.75, 3.05) is 25.3 Å². The second-order valence-electron chi connectivity index (χ2n) is 5.89. The maximum atomic E-state index is 13.0. The highest BCUT2D eigenvalue weighted by molar-refractivity contribution is 7.93. The van der Waals surface area contributed by atoms with Crippen LogP contribution in [0, 0.1) is 0 Å². The average Bonchev–Trinajstić information content (AvgIpc) is 3.14. The Morgan fingerprint density at radius 3 is 2.29 bits per heavy atom. The molecule has 2 N–H and O–H groups in total. The number of methoxy groups -OCH3 is 2. The predicted octanol–water partition coefficient (Wildman–Crippen LogP) is 0.445. The molecule has 0 aliphatic carbocycles. The molecule has 2 amide bonds. The fraction of sp³-hybridized carbons (Fsp3) is 0.250. The summed E-state index contributed by atoms with van der Waals surface area (Å²) < 4.78 is 63.5. The number of nitrogens with zero attached hydrogens (tertiary/aromatic N) is 4. The molecule has 15 heteroatoms. The zero-order valence-electron chi connectivity index (χ0n) is 16.6. The highest BCUT2D eigenvalue weighted by atomic mass is 32.2. The molecule has 13 nitrogen and oxygen atoms in total. The molecule has 3 aromatic heterocycles. The van der Waals surface area contributed by atoms with E-state index in [0.29, 0.717) is 0 Å². The standard InChI is InChI=1S/C16H18N6O7S2/c1-4-30(24,25)13-14(22-8-6-5-7-10(22)17-13)31(26,27)21-16(23)20-15-18-11(28-2)9-12(19-15)29-3/h5-9H,4H2,1-3H3,(H2,18,19,20,21,23)/i14+1. The van der Waals surface area contributed by atoms with Crippen LogP contribution >= 0.6 is 0 Å². The van der Waals surface area contributed by atoms with E-state index in [9.17, 15) is 21.6 Å². The number of amides is 2. The van der Waals surface area contributed by atoms with E-state index in [1.54, 1.807) is 10.8 Å². The van der Waals surface area contributed by atoms with Crippen LogP contribution < -0.4 is 19.5 Å². The van der Waals surface area contributed by atoms with Gasteiger partial charge in [0.2, 0.25) is 17.7 Å². The quantitative estimate of drug-likeness (QED) is 0.493. The summed E-state index contributed by atoms with van der Waals surface area (Å²) in [5.74, 6) is -0.571. The van der Waals surface area contributed by atoms with Crippen LogP contribution in [-0.2, 0) is 19.9 Å². The van der Waals surface area contributed by atoms with Gasteiger partial charge in [0, 0.05) is 6.20 Å². The maximum Gasteiger partial charge on any atom is 0.335 e. The van der Waals surface area contributed by atoms with Gasteiger partial charge in [-0.3, -0.25) is 9.72 Å². The zero-order chi connectivity index (χ0) is 22.8. The first-order chi connectivity index (χ1) is 14.6. The van der Waals surface area contributed by atoms with Gasteiger partial charge in [-0.25, -0.2) is 22.9 Å². The first kappa shape index (κ1) is 22.2. The molecule has 0 radical (unpaired) electrons.